The Bertz CT molecular complexity index is 370. The Kier molecular flexibility index (Phi) is 3.26. The van der Waals surface area contributed by atoms with Crippen LogP contribution in [0.5, 0.6) is 5.75 Å². The van der Waals surface area contributed by atoms with Crippen LogP contribution in [0.1, 0.15) is 24.9 Å². The Morgan fingerprint density at radius 1 is 1.60 bits per heavy atom. The molecule has 2 nitrogen and oxygen atoms in total. The SMILES string of the molecule is CCNC1CCOc2c(F)ccc(Br)c21. The summed E-state index contributed by atoms with van der Waals surface area (Å²) < 4.78 is 19.8. The lowest BCUT2D eigenvalue weighted by Gasteiger charge is -2.27. The molecule has 0 aromatic heterocycles. The quantitative estimate of drug-likeness (QED) is 0.895. The first-order chi connectivity index (χ1) is 7.24. The Morgan fingerprint density at radius 2 is 2.40 bits per heavy atom. The Balaban J connectivity index is 2.45. The molecular formula is C11H13BrFNO. The number of nitrogens with one attached hydrogen (secondary N) is 1. The van der Waals surface area contributed by atoms with Crippen LogP contribution in [0.25, 0.3) is 0 Å². The summed E-state index contributed by atoms with van der Waals surface area (Å²) in [6.07, 6.45) is 0.878. The van der Waals surface area contributed by atoms with E-state index in [1.807, 2.05) is 6.92 Å². The molecule has 0 aliphatic carbocycles. The van der Waals surface area contributed by atoms with Crippen LogP contribution in [0.4, 0.5) is 4.39 Å². The molecule has 0 amide bonds. The van der Waals surface area contributed by atoms with Crippen molar-refractivity contribution in [1.29, 1.82) is 0 Å². The second kappa shape index (κ2) is 4.49. The van der Waals surface area contributed by atoms with Crippen LogP contribution in [0.2, 0.25) is 0 Å². The lowest BCUT2D eigenvalue weighted by atomic mass is 10.0. The molecule has 1 unspecified atom stereocenters. The normalized spacial score (nSPS) is 19.5. The molecule has 0 saturated carbocycles. The van der Waals surface area contributed by atoms with Crippen molar-refractivity contribution in [1.82, 2.24) is 5.32 Å². The highest BCUT2D eigenvalue weighted by atomic mass is 79.9. The van der Waals surface area contributed by atoms with E-state index in [4.69, 9.17) is 4.74 Å². The molecule has 0 fully saturated rings. The largest absolute Gasteiger partial charge is 0.490 e. The summed E-state index contributed by atoms with van der Waals surface area (Å²) in [5.74, 6) is 0.109. The number of ether oxygens (including phenoxy) is 1. The molecule has 4 heteroatoms. The van der Waals surface area contributed by atoms with Crippen LogP contribution in [0, 0.1) is 5.82 Å². The molecular weight excluding hydrogens is 261 g/mol. The van der Waals surface area contributed by atoms with Crippen molar-refractivity contribution in [3.63, 3.8) is 0 Å². The topological polar surface area (TPSA) is 21.3 Å². The summed E-state index contributed by atoms with van der Waals surface area (Å²) in [5, 5.41) is 3.33. The summed E-state index contributed by atoms with van der Waals surface area (Å²) in [5.41, 5.74) is 0.906. The fourth-order valence-corrected chi connectivity index (χ4v) is 2.48. The summed E-state index contributed by atoms with van der Waals surface area (Å²) in [7, 11) is 0. The van der Waals surface area contributed by atoms with E-state index in [0.29, 0.717) is 12.4 Å². The van der Waals surface area contributed by atoms with E-state index in [9.17, 15) is 4.39 Å². The van der Waals surface area contributed by atoms with Gasteiger partial charge in [-0.15, -0.1) is 0 Å². The van der Waals surface area contributed by atoms with Gasteiger partial charge >= 0.3 is 0 Å². The molecule has 1 aliphatic heterocycles. The molecule has 15 heavy (non-hydrogen) atoms. The van der Waals surface area contributed by atoms with E-state index < -0.39 is 0 Å². The van der Waals surface area contributed by atoms with Crippen molar-refractivity contribution in [2.45, 2.75) is 19.4 Å². The van der Waals surface area contributed by atoms with Gasteiger partial charge in [-0.25, -0.2) is 4.39 Å². The molecule has 0 saturated heterocycles. The van der Waals surface area contributed by atoms with Crippen molar-refractivity contribution in [2.24, 2.45) is 0 Å². The Labute approximate surface area is 96.9 Å². The maximum absolute atomic E-state index is 13.5. The highest BCUT2D eigenvalue weighted by molar-refractivity contribution is 9.10. The number of hydrogen-bond donors (Lipinski definition) is 1. The number of rotatable bonds is 2. The average Bonchev–Trinajstić information content (AvgIpc) is 2.24. The first-order valence-corrected chi connectivity index (χ1v) is 5.87. The lowest BCUT2D eigenvalue weighted by Crippen LogP contribution is -2.27. The first kappa shape index (κ1) is 10.9. The summed E-state index contributed by atoms with van der Waals surface area (Å²) in [6.45, 7) is 3.48. The molecule has 0 spiro atoms. The van der Waals surface area contributed by atoms with Crippen molar-refractivity contribution in [3.05, 3.63) is 28.0 Å². The fraction of sp³-hybridized carbons (Fsp3) is 0.455. The van der Waals surface area contributed by atoms with Crippen molar-refractivity contribution >= 4 is 15.9 Å². The number of halogens is 2. The highest BCUT2D eigenvalue weighted by Crippen LogP contribution is 2.39. The zero-order chi connectivity index (χ0) is 10.8. The van der Waals surface area contributed by atoms with Gasteiger partial charge in [0.1, 0.15) is 0 Å². The van der Waals surface area contributed by atoms with Gasteiger partial charge in [-0.05, 0) is 18.7 Å². The van der Waals surface area contributed by atoms with Crippen LogP contribution in [-0.4, -0.2) is 13.2 Å². The van der Waals surface area contributed by atoms with Gasteiger partial charge in [0.05, 0.1) is 6.61 Å². The molecule has 2 rings (SSSR count). The smallest absolute Gasteiger partial charge is 0.165 e. The van der Waals surface area contributed by atoms with E-state index >= 15 is 0 Å². The molecule has 1 atom stereocenters. The first-order valence-electron chi connectivity index (χ1n) is 5.08. The van der Waals surface area contributed by atoms with Gasteiger partial charge in [-0.1, -0.05) is 22.9 Å². The molecule has 1 aliphatic rings. The predicted molar refractivity (Wildman–Crippen MR) is 60.6 cm³/mol. The molecule has 1 aromatic carbocycles. The average molecular weight is 274 g/mol. The van der Waals surface area contributed by atoms with Gasteiger partial charge in [-0.3, -0.25) is 0 Å². The van der Waals surface area contributed by atoms with E-state index in [1.54, 1.807) is 6.07 Å². The standard InChI is InChI=1S/C11H13BrFNO/c1-2-14-9-5-6-15-11-8(13)4-3-7(12)10(9)11/h3-4,9,14H,2,5-6H2,1H3. The van der Waals surface area contributed by atoms with Crippen molar-refractivity contribution < 1.29 is 9.13 Å². The minimum absolute atomic E-state index is 0.184. The third-order valence-electron chi connectivity index (χ3n) is 2.55. The Hall–Kier alpha value is -0.610. The van der Waals surface area contributed by atoms with E-state index in [-0.39, 0.29) is 11.9 Å². The fourth-order valence-electron chi connectivity index (χ4n) is 1.89. The van der Waals surface area contributed by atoms with Gasteiger partial charge in [0.25, 0.3) is 0 Å². The molecule has 0 radical (unpaired) electrons. The maximum Gasteiger partial charge on any atom is 0.165 e. The van der Waals surface area contributed by atoms with Gasteiger partial charge < -0.3 is 10.1 Å². The minimum atomic E-state index is -0.282. The lowest BCUT2D eigenvalue weighted by molar-refractivity contribution is 0.241. The van der Waals surface area contributed by atoms with Crippen LogP contribution < -0.4 is 10.1 Å². The molecule has 1 N–H and O–H groups in total. The monoisotopic (exact) mass is 273 g/mol. The second-order valence-corrected chi connectivity index (χ2v) is 4.37. The molecule has 0 bridgehead atoms. The minimum Gasteiger partial charge on any atom is -0.490 e. The van der Waals surface area contributed by atoms with Crippen molar-refractivity contribution in [2.75, 3.05) is 13.2 Å². The number of benzene rings is 1. The van der Waals surface area contributed by atoms with Gasteiger partial charge in [0, 0.05) is 22.5 Å². The van der Waals surface area contributed by atoms with Gasteiger partial charge in [0.2, 0.25) is 0 Å². The molecule has 1 heterocycles. The molecule has 82 valence electrons. The van der Waals surface area contributed by atoms with Crippen LogP contribution in [0.3, 0.4) is 0 Å². The Morgan fingerprint density at radius 3 is 3.13 bits per heavy atom. The summed E-state index contributed by atoms with van der Waals surface area (Å²) in [4.78, 5) is 0. The van der Waals surface area contributed by atoms with Crippen molar-refractivity contribution in [3.8, 4) is 5.75 Å². The van der Waals surface area contributed by atoms with Crippen LogP contribution >= 0.6 is 15.9 Å². The van der Waals surface area contributed by atoms with E-state index in [0.717, 1.165) is 23.0 Å². The number of fused-ring (bicyclic) bond motifs is 1. The summed E-state index contributed by atoms with van der Waals surface area (Å²) >= 11 is 3.44. The predicted octanol–water partition coefficient (Wildman–Crippen LogP) is 3.02. The maximum atomic E-state index is 13.5. The van der Waals surface area contributed by atoms with E-state index in [1.165, 1.54) is 6.07 Å². The third kappa shape index (κ3) is 2.01. The van der Waals surface area contributed by atoms with Gasteiger partial charge in [0.15, 0.2) is 11.6 Å². The van der Waals surface area contributed by atoms with Crippen LogP contribution in [0.15, 0.2) is 16.6 Å². The van der Waals surface area contributed by atoms with Crippen LogP contribution in [-0.2, 0) is 0 Å². The van der Waals surface area contributed by atoms with Gasteiger partial charge in [-0.2, -0.15) is 0 Å². The number of hydrogen-bond acceptors (Lipinski definition) is 2. The van der Waals surface area contributed by atoms with E-state index in [2.05, 4.69) is 21.2 Å². The zero-order valence-electron chi connectivity index (χ0n) is 8.52. The third-order valence-corrected chi connectivity index (χ3v) is 3.24. The molecule has 1 aromatic rings. The highest BCUT2D eigenvalue weighted by Gasteiger charge is 2.25. The second-order valence-electron chi connectivity index (χ2n) is 3.52. The zero-order valence-corrected chi connectivity index (χ0v) is 10.1. The summed E-state index contributed by atoms with van der Waals surface area (Å²) in [6, 6.07) is 3.34.